The van der Waals surface area contributed by atoms with E-state index in [1.807, 2.05) is 37.3 Å². The van der Waals surface area contributed by atoms with Crippen molar-refractivity contribution in [2.75, 3.05) is 31.1 Å². The number of nitrogens with one attached hydrogen (secondary N) is 2. The number of ether oxygens (including phenoxy) is 2. The molecule has 236 valence electrons. The van der Waals surface area contributed by atoms with Crippen LogP contribution < -0.4 is 15.4 Å². The fourth-order valence-electron chi connectivity index (χ4n) is 4.52. The van der Waals surface area contributed by atoms with Crippen molar-refractivity contribution < 1.29 is 27.8 Å². The van der Waals surface area contributed by atoms with Gasteiger partial charge in [-0.2, -0.15) is 0 Å². The number of aryl methyl sites for hydroxylation is 2. The van der Waals surface area contributed by atoms with E-state index in [0.717, 1.165) is 23.4 Å². The summed E-state index contributed by atoms with van der Waals surface area (Å²) in [7, 11) is -0.893. The first-order valence-electron chi connectivity index (χ1n) is 14.1. The van der Waals surface area contributed by atoms with Gasteiger partial charge in [0.2, 0.25) is 5.65 Å². The Hall–Kier alpha value is -4.19. The molecule has 12 heteroatoms. The average Bonchev–Trinajstić information content (AvgIpc) is 3.29. The van der Waals surface area contributed by atoms with Crippen LogP contribution in [0.25, 0.3) is 5.65 Å². The highest BCUT2D eigenvalue weighted by Gasteiger charge is 2.30. The van der Waals surface area contributed by atoms with E-state index in [1.54, 1.807) is 24.4 Å². The maximum atomic E-state index is 14.2. The molecule has 0 aliphatic carbocycles. The van der Waals surface area contributed by atoms with Crippen LogP contribution >= 0.6 is 10.0 Å². The number of amides is 2. The highest BCUT2D eigenvalue weighted by atomic mass is 32.3. The van der Waals surface area contributed by atoms with Crippen LogP contribution in [0.3, 0.4) is 0 Å². The van der Waals surface area contributed by atoms with Gasteiger partial charge in [0.15, 0.2) is 0 Å². The first-order chi connectivity index (χ1) is 20.7. The normalized spacial score (nSPS) is 13.3. The second kappa shape index (κ2) is 13.6. The Labute approximate surface area is 257 Å². The van der Waals surface area contributed by atoms with Crippen molar-refractivity contribution >= 4 is 27.7 Å². The van der Waals surface area contributed by atoms with Gasteiger partial charge in [-0.3, -0.25) is 9.20 Å². The van der Waals surface area contributed by atoms with Crippen molar-refractivity contribution in [1.82, 2.24) is 25.0 Å². The summed E-state index contributed by atoms with van der Waals surface area (Å²) in [5, 5.41) is 5.94. The topological polar surface area (TPSA) is 107 Å². The molecule has 1 unspecified atom stereocenters. The van der Waals surface area contributed by atoms with Crippen LogP contribution in [-0.4, -0.2) is 63.0 Å². The van der Waals surface area contributed by atoms with Crippen LogP contribution in [0.15, 0.2) is 54.7 Å². The van der Waals surface area contributed by atoms with Crippen LogP contribution in [0.1, 0.15) is 46.3 Å². The van der Waals surface area contributed by atoms with E-state index in [4.69, 9.17) is 9.47 Å². The molecule has 4 aromatic rings. The van der Waals surface area contributed by atoms with E-state index in [1.165, 1.54) is 6.07 Å². The first-order valence-corrected chi connectivity index (χ1v) is 17.1. The number of hydrogen-bond donors (Lipinski definition) is 2. The summed E-state index contributed by atoms with van der Waals surface area (Å²) in [5.41, 5.74) is 1.24. The quantitative estimate of drug-likeness (QED) is 0.209. The standard InChI is InChI=1S/C32H39F2N5O4S/c1-21-17-39-27(22(2)37-28(39)30(36-21)42-19-24-25(33)13-10-14-26(24)34)29(40)35-20-32(3,15-16-44(4,5)6)38-31(41)43-18-23-11-8-7-9-12-23/h7-14,17H,15-16,18-20H2,1-6H3,(H,35,40)(H,38,41). The smallest absolute Gasteiger partial charge is 0.407 e. The van der Waals surface area contributed by atoms with Crippen LogP contribution in [0.5, 0.6) is 5.88 Å². The molecule has 1 atom stereocenters. The van der Waals surface area contributed by atoms with Crippen LogP contribution in [-0.2, 0) is 18.0 Å². The lowest BCUT2D eigenvalue weighted by atomic mass is 9.99. The zero-order chi connectivity index (χ0) is 32.1. The highest BCUT2D eigenvalue weighted by molar-refractivity contribution is 8.32. The molecular formula is C32H39F2N5O4S. The zero-order valence-corrected chi connectivity index (χ0v) is 26.7. The van der Waals surface area contributed by atoms with Gasteiger partial charge in [0, 0.05) is 12.7 Å². The molecule has 0 spiro atoms. The number of aromatic nitrogens is 3. The van der Waals surface area contributed by atoms with Crippen molar-refractivity contribution in [2.45, 2.75) is 45.9 Å². The van der Waals surface area contributed by atoms with Crippen LogP contribution in [0.2, 0.25) is 0 Å². The van der Waals surface area contributed by atoms with Gasteiger partial charge in [-0.25, -0.2) is 33.6 Å². The minimum absolute atomic E-state index is 0.0376. The number of fused-ring (bicyclic) bond motifs is 1. The zero-order valence-electron chi connectivity index (χ0n) is 25.9. The second-order valence-corrected chi connectivity index (χ2v) is 16.5. The third-order valence-electron chi connectivity index (χ3n) is 7.02. The minimum Gasteiger partial charge on any atom is -0.470 e. The molecule has 4 rings (SSSR count). The Morgan fingerprint density at radius 1 is 0.977 bits per heavy atom. The fraction of sp³-hybridized carbons (Fsp3) is 0.375. The Balaban J connectivity index is 1.51. The van der Waals surface area contributed by atoms with Crippen molar-refractivity contribution in [1.29, 1.82) is 0 Å². The second-order valence-electron chi connectivity index (χ2n) is 11.9. The van der Waals surface area contributed by atoms with E-state index >= 15 is 0 Å². The monoisotopic (exact) mass is 627 g/mol. The van der Waals surface area contributed by atoms with Gasteiger partial charge in [0.05, 0.1) is 22.5 Å². The highest BCUT2D eigenvalue weighted by Crippen LogP contribution is 2.37. The number of rotatable bonds is 12. The lowest BCUT2D eigenvalue weighted by Gasteiger charge is -2.35. The Bertz CT molecular complexity index is 1620. The Morgan fingerprint density at radius 3 is 2.32 bits per heavy atom. The molecule has 0 radical (unpaired) electrons. The van der Waals surface area contributed by atoms with Gasteiger partial charge in [0.1, 0.15) is 30.5 Å². The number of nitrogens with zero attached hydrogens (tertiary/aromatic N) is 3. The number of alkyl carbamates (subject to hydrolysis) is 1. The van der Waals surface area contributed by atoms with Gasteiger partial charge < -0.3 is 20.1 Å². The van der Waals surface area contributed by atoms with Gasteiger partial charge >= 0.3 is 6.09 Å². The van der Waals surface area contributed by atoms with Gasteiger partial charge in [-0.1, -0.05) is 36.4 Å². The number of carbonyl (C=O) groups excluding carboxylic acids is 2. The molecule has 0 saturated heterocycles. The molecule has 0 aliphatic rings. The van der Waals surface area contributed by atoms with E-state index in [0.29, 0.717) is 17.8 Å². The molecule has 0 aliphatic heterocycles. The number of halogens is 2. The van der Waals surface area contributed by atoms with Crippen LogP contribution in [0, 0.1) is 25.5 Å². The summed E-state index contributed by atoms with van der Waals surface area (Å²) in [6.45, 7) is 5.13. The molecule has 2 heterocycles. The third-order valence-corrected chi connectivity index (χ3v) is 8.45. The number of carbonyl (C=O) groups is 2. The van der Waals surface area contributed by atoms with Crippen molar-refractivity contribution in [3.8, 4) is 5.88 Å². The molecule has 0 fully saturated rings. The summed E-state index contributed by atoms with van der Waals surface area (Å²) in [4.78, 5) is 35.3. The summed E-state index contributed by atoms with van der Waals surface area (Å²) in [6.07, 6.45) is 8.26. The summed E-state index contributed by atoms with van der Waals surface area (Å²) >= 11 is 0. The molecular weight excluding hydrogens is 588 g/mol. The predicted octanol–water partition coefficient (Wildman–Crippen LogP) is 5.70. The largest absolute Gasteiger partial charge is 0.470 e. The average molecular weight is 628 g/mol. The van der Waals surface area contributed by atoms with Gasteiger partial charge in [-0.05, 0) is 69.4 Å². The predicted molar refractivity (Wildman–Crippen MR) is 168 cm³/mol. The van der Waals surface area contributed by atoms with Crippen molar-refractivity contribution in [3.63, 3.8) is 0 Å². The van der Waals surface area contributed by atoms with E-state index in [2.05, 4.69) is 39.4 Å². The fourth-order valence-corrected chi connectivity index (χ4v) is 5.58. The maximum Gasteiger partial charge on any atom is 0.407 e. The number of benzene rings is 2. The lowest BCUT2D eigenvalue weighted by molar-refractivity contribution is 0.0923. The molecule has 0 saturated carbocycles. The lowest BCUT2D eigenvalue weighted by Crippen LogP contribution is -2.54. The maximum absolute atomic E-state index is 14.2. The number of hydrogen-bond acceptors (Lipinski definition) is 6. The Kier molecular flexibility index (Phi) is 10.1. The van der Waals surface area contributed by atoms with Crippen molar-refractivity contribution in [3.05, 3.63) is 94.6 Å². The van der Waals surface area contributed by atoms with Gasteiger partial charge in [-0.15, -0.1) is 0 Å². The molecule has 2 amide bonds. The van der Waals surface area contributed by atoms with E-state index in [-0.39, 0.29) is 35.9 Å². The van der Waals surface area contributed by atoms with E-state index in [9.17, 15) is 18.4 Å². The van der Waals surface area contributed by atoms with E-state index < -0.39 is 45.8 Å². The summed E-state index contributed by atoms with van der Waals surface area (Å²) in [5.74, 6) is -0.985. The SMILES string of the molecule is Cc1cn2c(C(=O)NCC(C)(CCS(C)(C)C)NC(=O)OCc3ccccc3)c(C)nc2c(OCc2c(F)cccc2F)n1. The van der Waals surface area contributed by atoms with Crippen molar-refractivity contribution in [2.24, 2.45) is 0 Å². The summed E-state index contributed by atoms with van der Waals surface area (Å²) < 4.78 is 41.1. The molecule has 44 heavy (non-hydrogen) atoms. The first kappa shape index (κ1) is 32.7. The van der Waals surface area contributed by atoms with Gasteiger partial charge in [0.25, 0.3) is 11.8 Å². The molecule has 2 aromatic heterocycles. The number of imidazole rings is 1. The Morgan fingerprint density at radius 2 is 1.66 bits per heavy atom. The van der Waals surface area contributed by atoms with Crippen LogP contribution in [0.4, 0.5) is 13.6 Å². The minimum atomic E-state index is -0.893. The molecule has 0 bridgehead atoms. The molecule has 2 aromatic carbocycles. The third kappa shape index (κ3) is 8.46. The molecule has 2 N–H and O–H groups in total. The molecule has 9 nitrogen and oxygen atoms in total. The summed E-state index contributed by atoms with van der Waals surface area (Å²) in [6, 6.07) is 13.0.